The molecular formula is C18H30N2. The molecule has 0 aliphatic carbocycles. The number of hydrogen-bond acceptors (Lipinski definition) is 2. The number of likely N-dealkylation sites (tertiary alicyclic amines) is 1. The lowest BCUT2D eigenvalue weighted by molar-refractivity contribution is 0.187. The topological polar surface area (TPSA) is 15.3 Å². The first-order valence-corrected chi connectivity index (χ1v) is 8.08. The Bertz CT molecular complexity index is 396. The number of aryl methyl sites for hydroxylation is 1. The Hall–Kier alpha value is -0.860. The van der Waals surface area contributed by atoms with Crippen LogP contribution in [0.3, 0.4) is 0 Å². The standard InChI is InChI=1S/C18H30N2/c1-14(2)19-13-17-7-5-6-12-20(4)18(17)16-10-8-15(3)9-11-16/h8-11,14,17-19H,5-7,12-13H2,1-4H3. The summed E-state index contributed by atoms with van der Waals surface area (Å²) in [5.74, 6) is 0.715. The van der Waals surface area contributed by atoms with Gasteiger partial charge >= 0.3 is 0 Å². The minimum Gasteiger partial charge on any atom is -0.314 e. The van der Waals surface area contributed by atoms with Crippen LogP contribution in [0.1, 0.15) is 50.3 Å². The van der Waals surface area contributed by atoms with Gasteiger partial charge in [0.25, 0.3) is 0 Å². The van der Waals surface area contributed by atoms with E-state index in [9.17, 15) is 0 Å². The van der Waals surface area contributed by atoms with Crippen LogP contribution in [0.15, 0.2) is 24.3 Å². The maximum absolute atomic E-state index is 3.65. The first-order valence-electron chi connectivity index (χ1n) is 8.08. The highest BCUT2D eigenvalue weighted by atomic mass is 15.1. The number of benzene rings is 1. The van der Waals surface area contributed by atoms with Crippen molar-refractivity contribution in [3.05, 3.63) is 35.4 Å². The molecule has 0 radical (unpaired) electrons. The van der Waals surface area contributed by atoms with E-state index in [4.69, 9.17) is 0 Å². The maximum Gasteiger partial charge on any atom is 0.0385 e. The SMILES string of the molecule is Cc1ccc(C2C(CNC(C)C)CCCCN2C)cc1. The van der Waals surface area contributed by atoms with Crippen molar-refractivity contribution < 1.29 is 0 Å². The van der Waals surface area contributed by atoms with Gasteiger partial charge in [0.1, 0.15) is 0 Å². The average Bonchev–Trinajstić information content (AvgIpc) is 2.59. The summed E-state index contributed by atoms with van der Waals surface area (Å²) in [6, 6.07) is 10.3. The molecule has 1 heterocycles. The van der Waals surface area contributed by atoms with E-state index >= 15 is 0 Å². The monoisotopic (exact) mass is 274 g/mol. The summed E-state index contributed by atoms with van der Waals surface area (Å²) >= 11 is 0. The summed E-state index contributed by atoms with van der Waals surface area (Å²) in [7, 11) is 2.29. The minimum absolute atomic E-state index is 0.560. The molecule has 1 aliphatic heterocycles. The molecule has 0 aromatic heterocycles. The van der Waals surface area contributed by atoms with E-state index in [0.29, 0.717) is 18.0 Å². The quantitative estimate of drug-likeness (QED) is 0.899. The molecule has 20 heavy (non-hydrogen) atoms. The van der Waals surface area contributed by atoms with Crippen molar-refractivity contribution in [3.63, 3.8) is 0 Å². The Morgan fingerprint density at radius 3 is 2.55 bits per heavy atom. The molecule has 2 nitrogen and oxygen atoms in total. The van der Waals surface area contributed by atoms with Crippen molar-refractivity contribution in [2.24, 2.45) is 5.92 Å². The molecule has 2 rings (SSSR count). The van der Waals surface area contributed by atoms with Crippen molar-refractivity contribution in [1.29, 1.82) is 0 Å². The second-order valence-electron chi connectivity index (χ2n) is 6.65. The Kier molecular flexibility index (Phi) is 5.62. The van der Waals surface area contributed by atoms with Crippen LogP contribution in [0.5, 0.6) is 0 Å². The second-order valence-corrected chi connectivity index (χ2v) is 6.65. The van der Waals surface area contributed by atoms with Gasteiger partial charge in [-0.05, 0) is 44.8 Å². The number of hydrogen-bond donors (Lipinski definition) is 1. The summed E-state index contributed by atoms with van der Waals surface area (Å²) in [5, 5.41) is 3.65. The first kappa shape index (κ1) is 15.5. The highest BCUT2D eigenvalue weighted by molar-refractivity contribution is 5.25. The van der Waals surface area contributed by atoms with Gasteiger partial charge in [0.15, 0.2) is 0 Å². The highest BCUT2D eigenvalue weighted by Crippen LogP contribution is 2.34. The molecule has 2 unspecified atom stereocenters. The van der Waals surface area contributed by atoms with Gasteiger partial charge in [-0.3, -0.25) is 4.90 Å². The van der Waals surface area contributed by atoms with E-state index in [1.807, 2.05) is 0 Å². The molecule has 1 saturated heterocycles. The van der Waals surface area contributed by atoms with Gasteiger partial charge in [-0.2, -0.15) is 0 Å². The average molecular weight is 274 g/mol. The lowest BCUT2D eigenvalue weighted by Crippen LogP contribution is -2.37. The molecule has 1 N–H and O–H groups in total. The summed E-state index contributed by atoms with van der Waals surface area (Å²) in [6.45, 7) is 8.98. The third kappa shape index (κ3) is 4.07. The van der Waals surface area contributed by atoms with E-state index in [-0.39, 0.29) is 0 Å². The zero-order valence-electron chi connectivity index (χ0n) is 13.5. The largest absolute Gasteiger partial charge is 0.314 e. The van der Waals surface area contributed by atoms with E-state index < -0.39 is 0 Å². The van der Waals surface area contributed by atoms with Crippen molar-refractivity contribution in [1.82, 2.24) is 10.2 Å². The summed E-state index contributed by atoms with van der Waals surface area (Å²) in [5.41, 5.74) is 2.83. The molecule has 2 heteroatoms. The molecule has 0 bridgehead atoms. The van der Waals surface area contributed by atoms with Crippen molar-refractivity contribution >= 4 is 0 Å². The predicted molar refractivity (Wildman–Crippen MR) is 87.0 cm³/mol. The van der Waals surface area contributed by atoms with Gasteiger partial charge in [-0.25, -0.2) is 0 Å². The fourth-order valence-electron chi connectivity index (χ4n) is 3.32. The van der Waals surface area contributed by atoms with E-state index in [1.165, 1.54) is 36.9 Å². The Morgan fingerprint density at radius 1 is 1.20 bits per heavy atom. The van der Waals surface area contributed by atoms with Crippen LogP contribution in [0.2, 0.25) is 0 Å². The Labute approximate surface area is 124 Å². The molecule has 1 aliphatic rings. The maximum atomic E-state index is 3.65. The lowest BCUT2D eigenvalue weighted by atomic mass is 9.88. The molecule has 1 aromatic rings. The highest BCUT2D eigenvalue weighted by Gasteiger charge is 2.28. The summed E-state index contributed by atoms with van der Waals surface area (Å²) in [6.07, 6.45) is 4.02. The zero-order chi connectivity index (χ0) is 14.5. The predicted octanol–water partition coefficient (Wildman–Crippen LogP) is 3.77. The minimum atomic E-state index is 0.560. The third-order valence-electron chi connectivity index (χ3n) is 4.46. The number of rotatable bonds is 4. The molecule has 1 fully saturated rings. The van der Waals surface area contributed by atoms with Crippen molar-refractivity contribution in [2.45, 2.75) is 52.1 Å². The van der Waals surface area contributed by atoms with Gasteiger partial charge in [0, 0.05) is 18.6 Å². The summed E-state index contributed by atoms with van der Waals surface area (Å²) < 4.78 is 0. The van der Waals surface area contributed by atoms with E-state index in [1.54, 1.807) is 0 Å². The van der Waals surface area contributed by atoms with Gasteiger partial charge in [-0.15, -0.1) is 0 Å². The summed E-state index contributed by atoms with van der Waals surface area (Å²) in [4.78, 5) is 2.56. The normalized spacial score (nSPS) is 24.9. The zero-order valence-corrected chi connectivity index (χ0v) is 13.5. The van der Waals surface area contributed by atoms with Crippen LogP contribution in [0.4, 0.5) is 0 Å². The van der Waals surface area contributed by atoms with Gasteiger partial charge in [-0.1, -0.05) is 50.1 Å². The van der Waals surface area contributed by atoms with Crippen molar-refractivity contribution in [2.75, 3.05) is 20.1 Å². The Morgan fingerprint density at radius 2 is 1.90 bits per heavy atom. The van der Waals surface area contributed by atoms with Crippen LogP contribution in [-0.4, -0.2) is 31.1 Å². The smallest absolute Gasteiger partial charge is 0.0385 e. The van der Waals surface area contributed by atoms with Crippen LogP contribution in [-0.2, 0) is 0 Å². The fraction of sp³-hybridized carbons (Fsp3) is 0.667. The molecular weight excluding hydrogens is 244 g/mol. The van der Waals surface area contributed by atoms with Gasteiger partial charge in [0.05, 0.1) is 0 Å². The fourth-order valence-corrected chi connectivity index (χ4v) is 3.32. The lowest BCUT2D eigenvalue weighted by Gasteiger charge is -2.33. The van der Waals surface area contributed by atoms with Crippen LogP contribution in [0.25, 0.3) is 0 Å². The van der Waals surface area contributed by atoms with Gasteiger partial charge < -0.3 is 5.32 Å². The molecule has 0 saturated carbocycles. The molecule has 112 valence electrons. The number of nitrogens with zero attached hydrogens (tertiary/aromatic N) is 1. The van der Waals surface area contributed by atoms with Crippen LogP contribution in [0, 0.1) is 12.8 Å². The van der Waals surface area contributed by atoms with Crippen LogP contribution >= 0.6 is 0 Å². The third-order valence-corrected chi connectivity index (χ3v) is 4.46. The number of nitrogens with one attached hydrogen (secondary N) is 1. The van der Waals surface area contributed by atoms with E-state index in [0.717, 1.165) is 6.54 Å². The van der Waals surface area contributed by atoms with Crippen molar-refractivity contribution in [3.8, 4) is 0 Å². The molecule has 0 amide bonds. The van der Waals surface area contributed by atoms with Gasteiger partial charge in [0.2, 0.25) is 0 Å². The van der Waals surface area contributed by atoms with Crippen LogP contribution < -0.4 is 5.32 Å². The second kappa shape index (κ2) is 7.24. The molecule has 2 atom stereocenters. The first-order chi connectivity index (χ1) is 9.58. The molecule has 0 spiro atoms. The Balaban J connectivity index is 2.18. The molecule has 1 aromatic carbocycles. The van der Waals surface area contributed by atoms with E-state index in [2.05, 4.69) is 62.3 Å².